The SMILES string of the molecule is CCOCCCOc1c([C@@H](C)N)ccc2ccccc12. The molecule has 0 fully saturated rings. The van der Waals surface area contributed by atoms with Crippen LogP contribution in [-0.4, -0.2) is 19.8 Å². The molecule has 3 nitrogen and oxygen atoms in total. The average molecular weight is 273 g/mol. The van der Waals surface area contributed by atoms with Gasteiger partial charge in [-0.25, -0.2) is 0 Å². The molecule has 20 heavy (non-hydrogen) atoms. The van der Waals surface area contributed by atoms with Gasteiger partial charge in [0.05, 0.1) is 6.61 Å². The third-order valence-corrected chi connectivity index (χ3v) is 3.28. The summed E-state index contributed by atoms with van der Waals surface area (Å²) in [5.41, 5.74) is 7.11. The first kappa shape index (κ1) is 14.8. The fourth-order valence-corrected chi connectivity index (χ4v) is 2.26. The summed E-state index contributed by atoms with van der Waals surface area (Å²) in [5, 5.41) is 2.30. The molecule has 0 heterocycles. The Hall–Kier alpha value is -1.58. The maximum atomic E-state index is 6.05. The van der Waals surface area contributed by atoms with Gasteiger partial charge in [-0.1, -0.05) is 36.4 Å². The summed E-state index contributed by atoms with van der Waals surface area (Å²) in [6, 6.07) is 12.4. The zero-order chi connectivity index (χ0) is 14.4. The molecule has 2 rings (SSSR count). The second-order valence-corrected chi connectivity index (χ2v) is 4.89. The Kier molecular flexibility index (Phi) is 5.39. The van der Waals surface area contributed by atoms with Gasteiger partial charge in [-0.3, -0.25) is 0 Å². The standard InChI is InChI=1S/C17H23NO2/c1-3-19-11-6-12-20-17-15(13(2)18)10-9-14-7-4-5-8-16(14)17/h4-5,7-10,13H,3,6,11-12,18H2,1-2H3/t13-/m1/s1. The topological polar surface area (TPSA) is 44.5 Å². The minimum atomic E-state index is -0.0403. The Labute approximate surface area is 120 Å². The number of ether oxygens (including phenoxy) is 2. The van der Waals surface area contributed by atoms with Crippen molar-refractivity contribution >= 4 is 10.8 Å². The van der Waals surface area contributed by atoms with Crippen LogP contribution in [0.1, 0.15) is 31.9 Å². The van der Waals surface area contributed by atoms with Gasteiger partial charge < -0.3 is 15.2 Å². The number of nitrogens with two attached hydrogens (primary N) is 1. The molecule has 2 N–H and O–H groups in total. The first-order chi connectivity index (χ1) is 9.74. The van der Waals surface area contributed by atoms with Crippen LogP contribution in [0, 0.1) is 0 Å². The zero-order valence-corrected chi connectivity index (χ0v) is 12.3. The zero-order valence-electron chi connectivity index (χ0n) is 12.3. The Morgan fingerprint density at radius 2 is 1.90 bits per heavy atom. The predicted octanol–water partition coefficient (Wildman–Crippen LogP) is 3.66. The van der Waals surface area contributed by atoms with Gasteiger partial charge in [-0.15, -0.1) is 0 Å². The van der Waals surface area contributed by atoms with E-state index in [2.05, 4.69) is 24.3 Å². The van der Waals surface area contributed by atoms with Crippen molar-refractivity contribution in [3.05, 3.63) is 42.0 Å². The van der Waals surface area contributed by atoms with E-state index < -0.39 is 0 Å². The summed E-state index contributed by atoms with van der Waals surface area (Å²) >= 11 is 0. The largest absolute Gasteiger partial charge is 0.493 e. The predicted molar refractivity (Wildman–Crippen MR) is 83.2 cm³/mol. The molecule has 0 aromatic heterocycles. The van der Waals surface area contributed by atoms with Crippen LogP contribution in [0.3, 0.4) is 0 Å². The molecule has 2 aromatic rings. The lowest BCUT2D eigenvalue weighted by atomic mass is 10.0. The molecule has 0 aliphatic heterocycles. The van der Waals surface area contributed by atoms with E-state index in [0.29, 0.717) is 6.61 Å². The molecule has 0 saturated carbocycles. The van der Waals surface area contributed by atoms with Crippen LogP contribution in [0.25, 0.3) is 10.8 Å². The van der Waals surface area contributed by atoms with Gasteiger partial charge in [-0.2, -0.15) is 0 Å². The maximum Gasteiger partial charge on any atom is 0.131 e. The third-order valence-electron chi connectivity index (χ3n) is 3.28. The van der Waals surface area contributed by atoms with Gasteiger partial charge >= 0.3 is 0 Å². The number of hydrogen-bond acceptors (Lipinski definition) is 3. The fraction of sp³-hybridized carbons (Fsp3) is 0.412. The summed E-state index contributed by atoms with van der Waals surface area (Å²) in [6.07, 6.45) is 0.884. The molecule has 0 saturated heterocycles. The monoisotopic (exact) mass is 273 g/mol. The number of rotatable bonds is 7. The van der Waals surface area contributed by atoms with Gasteiger partial charge in [0.25, 0.3) is 0 Å². The molecule has 0 bridgehead atoms. The van der Waals surface area contributed by atoms with Crippen LogP contribution in [0.15, 0.2) is 36.4 Å². The fourth-order valence-electron chi connectivity index (χ4n) is 2.26. The quantitative estimate of drug-likeness (QED) is 0.783. The number of benzene rings is 2. The van der Waals surface area contributed by atoms with E-state index in [1.165, 1.54) is 5.39 Å². The molecule has 0 unspecified atom stereocenters. The molecule has 0 radical (unpaired) electrons. The number of fused-ring (bicyclic) bond motifs is 1. The van der Waals surface area contributed by atoms with Crippen LogP contribution in [0.4, 0.5) is 0 Å². The second-order valence-electron chi connectivity index (χ2n) is 4.89. The van der Waals surface area contributed by atoms with E-state index in [1.54, 1.807) is 0 Å². The van der Waals surface area contributed by atoms with E-state index in [0.717, 1.165) is 36.3 Å². The van der Waals surface area contributed by atoms with Crippen molar-refractivity contribution in [2.45, 2.75) is 26.3 Å². The van der Waals surface area contributed by atoms with Crippen molar-refractivity contribution in [3.8, 4) is 5.75 Å². The van der Waals surface area contributed by atoms with Crippen LogP contribution < -0.4 is 10.5 Å². The summed E-state index contributed by atoms with van der Waals surface area (Å²) < 4.78 is 11.3. The van der Waals surface area contributed by atoms with Crippen molar-refractivity contribution in [2.75, 3.05) is 19.8 Å². The molecule has 0 amide bonds. The van der Waals surface area contributed by atoms with Gasteiger partial charge in [0.1, 0.15) is 5.75 Å². The normalized spacial score (nSPS) is 12.6. The minimum absolute atomic E-state index is 0.0403. The lowest BCUT2D eigenvalue weighted by Gasteiger charge is -2.16. The molecule has 3 heteroatoms. The van der Waals surface area contributed by atoms with Crippen molar-refractivity contribution in [2.24, 2.45) is 5.73 Å². The van der Waals surface area contributed by atoms with Crippen molar-refractivity contribution in [3.63, 3.8) is 0 Å². The third kappa shape index (κ3) is 3.50. The highest BCUT2D eigenvalue weighted by Crippen LogP contribution is 2.32. The van der Waals surface area contributed by atoms with E-state index in [-0.39, 0.29) is 6.04 Å². The van der Waals surface area contributed by atoms with Gasteiger partial charge in [-0.05, 0) is 19.2 Å². The summed E-state index contributed by atoms with van der Waals surface area (Å²) in [4.78, 5) is 0. The number of hydrogen-bond donors (Lipinski definition) is 1. The second kappa shape index (κ2) is 7.27. The van der Waals surface area contributed by atoms with Gasteiger partial charge in [0.2, 0.25) is 0 Å². The molecule has 108 valence electrons. The minimum Gasteiger partial charge on any atom is -0.493 e. The lowest BCUT2D eigenvalue weighted by Crippen LogP contribution is -2.10. The van der Waals surface area contributed by atoms with Crippen LogP contribution in [-0.2, 0) is 4.74 Å². The van der Waals surface area contributed by atoms with E-state index >= 15 is 0 Å². The molecule has 0 aliphatic carbocycles. The smallest absolute Gasteiger partial charge is 0.131 e. The highest BCUT2D eigenvalue weighted by atomic mass is 16.5. The van der Waals surface area contributed by atoms with E-state index in [4.69, 9.17) is 15.2 Å². The average Bonchev–Trinajstić information content (AvgIpc) is 2.46. The molecule has 2 aromatic carbocycles. The van der Waals surface area contributed by atoms with Crippen molar-refractivity contribution < 1.29 is 9.47 Å². The van der Waals surface area contributed by atoms with Crippen molar-refractivity contribution in [1.82, 2.24) is 0 Å². The van der Waals surface area contributed by atoms with Crippen LogP contribution >= 0.6 is 0 Å². The maximum absolute atomic E-state index is 6.05. The highest BCUT2D eigenvalue weighted by molar-refractivity contribution is 5.89. The van der Waals surface area contributed by atoms with E-state index in [1.807, 2.05) is 26.0 Å². The van der Waals surface area contributed by atoms with Gasteiger partial charge in [0, 0.05) is 36.6 Å². The first-order valence-corrected chi connectivity index (χ1v) is 7.21. The first-order valence-electron chi connectivity index (χ1n) is 7.21. The molecular formula is C17H23NO2. The molecule has 1 atom stereocenters. The van der Waals surface area contributed by atoms with Gasteiger partial charge in [0.15, 0.2) is 0 Å². The summed E-state index contributed by atoms with van der Waals surface area (Å²) in [6.45, 7) is 6.11. The Bertz CT molecular complexity index is 552. The molecular weight excluding hydrogens is 250 g/mol. The molecule has 0 spiro atoms. The Balaban J connectivity index is 2.21. The van der Waals surface area contributed by atoms with Crippen LogP contribution in [0.2, 0.25) is 0 Å². The molecule has 0 aliphatic rings. The van der Waals surface area contributed by atoms with Crippen LogP contribution in [0.5, 0.6) is 5.75 Å². The highest BCUT2D eigenvalue weighted by Gasteiger charge is 2.11. The van der Waals surface area contributed by atoms with Crippen molar-refractivity contribution in [1.29, 1.82) is 0 Å². The Morgan fingerprint density at radius 1 is 1.10 bits per heavy atom. The van der Waals surface area contributed by atoms with E-state index in [9.17, 15) is 0 Å². The Morgan fingerprint density at radius 3 is 2.65 bits per heavy atom. The lowest BCUT2D eigenvalue weighted by molar-refractivity contribution is 0.131. The summed E-state index contributed by atoms with van der Waals surface area (Å²) in [7, 11) is 0. The summed E-state index contributed by atoms with van der Waals surface area (Å²) in [5.74, 6) is 0.912.